The number of fused-ring (bicyclic) bond motifs is 1. The summed E-state index contributed by atoms with van der Waals surface area (Å²) in [5.41, 5.74) is 0.716. The van der Waals surface area contributed by atoms with Gasteiger partial charge in [0.1, 0.15) is 13.0 Å². The van der Waals surface area contributed by atoms with E-state index in [0.717, 1.165) is 0 Å². The van der Waals surface area contributed by atoms with Gasteiger partial charge in [-0.1, -0.05) is 6.07 Å². The molecule has 17 heavy (non-hydrogen) atoms. The maximum atomic E-state index is 11.0. The van der Waals surface area contributed by atoms with Crippen LogP contribution in [0.1, 0.15) is 12.0 Å². The number of ether oxygens (including phenoxy) is 3. The van der Waals surface area contributed by atoms with E-state index in [1.54, 1.807) is 18.2 Å². The minimum atomic E-state index is -1.21. The number of carbonyl (C=O) groups is 2. The smallest absolute Gasteiger partial charge is 0.317 e. The molecule has 0 saturated carbocycles. The largest absolute Gasteiger partial charge is 0.481 e. The van der Waals surface area contributed by atoms with E-state index >= 15 is 0 Å². The molecule has 1 aliphatic rings. The summed E-state index contributed by atoms with van der Waals surface area (Å²) in [6.45, 7) is 0.195. The molecule has 1 N–H and O–H groups in total. The van der Waals surface area contributed by atoms with Crippen LogP contribution in [0.3, 0.4) is 0 Å². The molecule has 0 radical (unpaired) electrons. The van der Waals surface area contributed by atoms with Gasteiger partial charge in [0.05, 0.1) is 0 Å². The molecular formula is C11H10O6. The van der Waals surface area contributed by atoms with Crippen molar-refractivity contribution in [2.24, 2.45) is 0 Å². The highest BCUT2D eigenvalue weighted by atomic mass is 16.7. The van der Waals surface area contributed by atoms with E-state index in [1.807, 2.05) is 0 Å². The Morgan fingerprint density at radius 3 is 2.82 bits per heavy atom. The van der Waals surface area contributed by atoms with E-state index in [9.17, 15) is 9.59 Å². The van der Waals surface area contributed by atoms with Crippen molar-refractivity contribution in [3.05, 3.63) is 23.8 Å². The molecule has 0 atom stereocenters. The summed E-state index contributed by atoms with van der Waals surface area (Å²) >= 11 is 0. The Hall–Kier alpha value is -2.24. The zero-order valence-corrected chi connectivity index (χ0v) is 8.84. The number of carboxylic acid groups (broad SMARTS) is 1. The summed E-state index contributed by atoms with van der Waals surface area (Å²) < 4.78 is 15.1. The maximum Gasteiger partial charge on any atom is 0.317 e. The van der Waals surface area contributed by atoms with E-state index < -0.39 is 18.4 Å². The molecule has 0 amide bonds. The van der Waals surface area contributed by atoms with Gasteiger partial charge in [-0.25, -0.2) is 0 Å². The molecule has 0 aromatic heterocycles. The monoisotopic (exact) mass is 238 g/mol. The lowest BCUT2D eigenvalue weighted by molar-refractivity contribution is -0.152. The second kappa shape index (κ2) is 4.73. The topological polar surface area (TPSA) is 82.1 Å². The van der Waals surface area contributed by atoms with Crippen LogP contribution in [0.5, 0.6) is 11.5 Å². The van der Waals surface area contributed by atoms with Crippen LogP contribution in [0, 0.1) is 0 Å². The Labute approximate surface area is 96.7 Å². The van der Waals surface area contributed by atoms with E-state index in [4.69, 9.17) is 19.3 Å². The normalized spacial score (nSPS) is 12.2. The molecule has 0 fully saturated rings. The Morgan fingerprint density at radius 1 is 1.29 bits per heavy atom. The van der Waals surface area contributed by atoms with Gasteiger partial charge in [0.15, 0.2) is 11.5 Å². The fourth-order valence-corrected chi connectivity index (χ4v) is 1.37. The summed E-state index contributed by atoms with van der Waals surface area (Å²) in [5.74, 6) is -0.738. The molecule has 1 aliphatic heterocycles. The maximum absolute atomic E-state index is 11.0. The van der Waals surface area contributed by atoms with Crippen LogP contribution in [0.25, 0.3) is 0 Å². The summed E-state index contributed by atoms with van der Waals surface area (Å²) in [6.07, 6.45) is -0.634. The molecule has 1 aromatic carbocycles. The fourth-order valence-electron chi connectivity index (χ4n) is 1.37. The highest BCUT2D eigenvalue weighted by molar-refractivity contribution is 5.90. The van der Waals surface area contributed by atoms with Crippen molar-refractivity contribution in [1.29, 1.82) is 0 Å². The van der Waals surface area contributed by atoms with Crippen molar-refractivity contribution in [1.82, 2.24) is 0 Å². The molecule has 0 bridgehead atoms. The molecule has 1 aromatic rings. The average molecular weight is 238 g/mol. The summed E-state index contributed by atoms with van der Waals surface area (Å²) in [5, 5.41) is 8.37. The zero-order chi connectivity index (χ0) is 12.3. The van der Waals surface area contributed by atoms with E-state index in [1.165, 1.54) is 0 Å². The molecular weight excluding hydrogens is 228 g/mol. The molecule has 0 spiro atoms. The van der Waals surface area contributed by atoms with E-state index in [2.05, 4.69) is 0 Å². The van der Waals surface area contributed by atoms with Crippen molar-refractivity contribution < 1.29 is 28.9 Å². The molecule has 0 aliphatic carbocycles. The van der Waals surface area contributed by atoms with Crippen molar-refractivity contribution >= 4 is 11.9 Å². The second-order valence-electron chi connectivity index (χ2n) is 3.42. The van der Waals surface area contributed by atoms with Gasteiger partial charge in [-0.05, 0) is 17.7 Å². The van der Waals surface area contributed by atoms with Gasteiger partial charge >= 0.3 is 11.9 Å². The molecule has 1 heterocycles. The number of esters is 1. The lowest BCUT2D eigenvalue weighted by Crippen LogP contribution is -2.10. The number of benzene rings is 1. The molecule has 0 saturated heterocycles. The van der Waals surface area contributed by atoms with Crippen molar-refractivity contribution in [3.63, 3.8) is 0 Å². The summed E-state index contributed by atoms with van der Waals surface area (Å²) in [7, 11) is 0. The Kier molecular flexibility index (Phi) is 3.13. The Morgan fingerprint density at radius 2 is 2.06 bits per heavy atom. The summed E-state index contributed by atoms with van der Waals surface area (Å²) in [4.78, 5) is 21.2. The first kappa shape index (κ1) is 11.3. The predicted molar refractivity (Wildman–Crippen MR) is 54.6 cm³/mol. The highest BCUT2D eigenvalue weighted by Crippen LogP contribution is 2.32. The van der Waals surface area contributed by atoms with Gasteiger partial charge in [0, 0.05) is 0 Å². The lowest BCUT2D eigenvalue weighted by Gasteiger charge is -2.04. The summed E-state index contributed by atoms with van der Waals surface area (Å²) in [6, 6.07) is 5.13. The third kappa shape index (κ3) is 2.87. The SMILES string of the molecule is O=C(O)CC(=O)OCc1ccc2c(c1)OCO2. The standard InChI is InChI=1S/C11H10O6/c12-10(13)4-11(14)15-5-7-1-2-8-9(3-7)17-6-16-8/h1-3H,4-6H2,(H,12,13). The first-order valence-electron chi connectivity index (χ1n) is 4.91. The highest BCUT2D eigenvalue weighted by Gasteiger charge is 2.14. The number of carbonyl (C=O) groups excluding carboxylic acids is 1. The van der Waals surface area contributed by atoms with Crippen LogP contribution in [0.2, 0.25) is 0 Å². The number of rotatable bonds is 4. The molecule has 6 heteroatoms. The number of carboxylic acids is 1. The quantitative estimate of drug-likeness (QED) is 0.620. The van der Waals surface area contributed by atoms with Crippen LogP contribution >= 0.6 is 0 Å². The first-order chi connectivity index (χ1) is 8.15. The van der Waals surface area contributed by atoms with Gasteiger partial charge in [0.25, 0.3) is 0 Å². The van der Waals surface area contributed by atoms with Crippen LogP contribution in [-0.4, -0.2) is 23.8 Å². The predicted octanol–water partition coefficient (Wildman–Crippen LogP) is 0.933. The number of hydrogen-bond donors (Lipinski definition) is 1. The van der Waals surface area contributed by atoms with Crippen LogP contribution in [-0.2, 0) is 20.9 Å². The van der Waals surface area contributed by atoms with Gasteiger partial charge in [-0.3, -0.25) is 9.59 Å². The molecule has 6 nitrogen and oxygen atoms in total. The van der Waals surface area contributed by atoms with Gasteiger partial charge in [-0.2, -0.15) is 0 Å². The number of aliphatic carboxylic acids is 1. The fraction of sp³-hybridized carbons (Fsp3) is 0.273. The first-order valence-corrected chi connectivity index (χ1v) is 4.91. The second-order valence-corrected chi connectivity index (χ2v) is 3.42. The number of hydrogen-bond acceptors (Lipinski definition) is 5. The third-order valence-electron chi connectivity index (χ3n) is 2.13. The van der Waals surface area contributed by atoms with E-state index in [0.29, 0.717) is 17.1 Å². The van der Waals surface area contributed by atoms with Crippen molar-refractivity contribution in [2.45, 2.75) is 13.0 Å². The Bertz CT molecular complexity index is 453. The third-order valence-corrected chi connectivity index (χ3v) is 2.13. The average Bonchev–Trinajstić information content (AvgIpc) is 2.72. The van der Waals surface area contributed by atoms with E-state index in [-0.39, 0.29) is 13.4 Å². The molecule has 0 unspecified atom stereocenters. The van der Waals surface area contributed by atoms with Crippen LogP contribution in [0.15, 0.2) is 18.2 Å². The van der Waals surface area contributed by atoms with Crippen LogP contribution in [0.4, 0.5) is 0 Å². The lowest BCUT2D eigenvalue weighted by atomic mass is 10.2. The minimum Gasteiger partial charge on any atom is -0.481 e. The van der Waals surface area contributed by atoms with Crippen LogP contribution < -0.4 is 9.47 Å². The molecule has 90 valence electrons. The van der Waals surface area contributed by atoms with Crippen molar-refractivity contribution in [3.8, 4) is 11.5 Å². The van der Waals surface area contributed by atoms with Crippen molar-refractivity contribution in [2.75, 3.05) is 6.79 Å². The van der Waals surface area contributed by atoms with Gasteiger partial charge in [0.2, 0.25) is 6.79 Å². The Balaban J connectivity index is 1.91. The van der Waals surface area contributed by atoms with Gasteiger partial charge in [-0.15, -0.1) is 0 Å². The zero-order valence-electron chi connectivity index (χ0n) is 8.84. The minimum absolute atomic E-state index is 0.0166. The molecule has 2 rings (SSSR count). The van der Waals surface area contributed by atoms with Gasteiger partial charge < -0.3 is 19.3 Å².